The number of carbonyl (C=O) groups excluding carboxylic acids is 1. The minimum Gasteiger partial charge on any atom is -0.336 e. The van der Waals surface area contributed by atoms with E-state index in [4.69, 9.17) is 11.6 Å². The number of halogens is 1. The van der Waals surface area contributed by atoms with Crippen LogP contribution in [0.4, 0.5) is 0 Å². The van der Waals surface area contributed by atoms with Crippen molar-refractivity contribution in [1.82, 2.24) is 19.0 Å². The van der Waals surface area contributed by atoms with Crippen LogP contribution in [-0.4, -0.2) is 59.5 Å². The minimum atomic E-state index is -3.56. The summed E-state index contributed by atoms with van der Waals surface area (Å²) in [5.74, 6) is -0.137. The van der Waals surface area contributed by atoms with Crippen molar-refractivity contribution in [2.45, 2.75) is 18.2 Å². The first-order valence-electron chi connectivity index (χ1n) is 10.1. The van der Waals surface area contributed by atoms with Crippen LogP contribution in [0.15, 0.2) is 65.7 Å². The Morgan fingerprint density at radius 2 is 1.74 bits per heavy atom. The molecule has 1 aliphatic rings. The third-order valence-electron chi connectivity index (χ3n) is 5.39. The van der Waals surface area contributed by atoms with Crippen LogP contribution in [0.3, 0.4) is 0 Å². The molecule has 1 aliphatic heterocycles. The molecule has 2 aromatic carbocycles. The molecule has 0 unspecified atom stereocenters. The van der Waals surface area contributed by atoms with Gasteiger partial charge in [0.05, 0.1) is 28.0 Å². The monoisotopic (exact) mass is 458 g/mol. The predicted octanol–water partition coefficient (Wildman–Crippen LogP) is 3.23. The number of hydrogen-bond acceptors (Lipinski definition) is 4. The lowest BCUT2D eigenvalue weighted by atomic mass is 10.1. The summed E-state index contributed by atoms with van der Waals surface area (Å²) < 4.78 is 28.8. The smallest absolute Gasteiger partial charge is 0.257 e. The van der Waals surface area contributed by atoms with E-state index in [-0.39, 0.29) is 23.9 Å². The largest absolute Gasteiger partial charge is 0.336 e. The summed E-state index contributed by atoms with van der Waals surface area (Å²) in [5.41, 5.74) is 2.12. The van der Waals surface area contributed by atoms with Crippen molar-refractivity contribution < 1.29 is 13.2 Å². The van der Waals surface area contributed by atoms with Crippen LogP contribution in [0.2, 0.25) is 5.02 Å². The van der Waals surface area contributed by atoms with E-state index in [2.05, 4.69) is 5.10 Å². The first-order valence-corrected chi connectivity index (χ1v) is 11.9. The molecule has 9 heteroatoms. The maximum atomic E-state index is 13.2. The molecule has 1 aromatic heterocycles. The summed E-state index contributed by atoms with van der Waals surface area (Å²) in [5, 5.41) is 5.01. The number of rotatable bonds is 5. The molecule has 1 amide bonds. The zero-order valence-electron chi connectivity index (χ0n) is 17.1. The average molecular weight is 459 g/mol. The molecule has 0 radical (unpaired) electrons. The van der Waals surface area contributed by atoms with Crippen molar-refractivity contribution in [3.8, 4) is 5.69 Å². The van der Waals surface area contributed by atoms with E-state index in [9.17, 15) is 13.2 Å². The van der Waals surface area contributed by atoms with Gasteiger partial charge in [-0.3, -0.25) is 4.79 Å². The molecular formula is C22H23ClN4O3S. The highest BCUT2D eigenvalue weighted by molar-refractivity contribution is 7.89. The van der Waals surface area contributed by atoms with E-state index < -0.39 is 10.0 Å². The van der Waals surface area contributed by atoms with Gasteiger partial charge in [0.1, 0.15) is 0 Å². The highest BCUT2D eigenvalue weighted by atomic mass is 35.5. The SMILES string of the molecule is CCc1c(C(=O)N2CCN(S(=O)(=O)c3ccccc3)CC2)cnn1-c1cccc(Cl)c1. The van der Waals surface area contributed by atoms with Gasteiger partial charge >= 0.3 is 0 Å². The van der Waals surface area contributed by atoms with Crippen LogP contribution in [0.1, 0.15) is 23.0 Å². The number of benzene rings is 2. The lowest BCUT2D eigenvalue weighted by Crippen LogP contribution is -2.50. The summed E-state index contributed by atoms with van der Waals surface area (Å²) in [6, 6.07) is 15.7. The summed E-state index contributed by atoms with van der Waals surface area (Å²) in [7, 11) is -3.56. The number of aromatic nitrogens is 2. The lowest BCUT2D eigenvalue weighted by Gasteiger charge is -2.34. The van der Waals surface area contributed by atoms with E-state index in [0.29, 0.717) is 30.1 Å². The number of piperazine rings is 1. The second-order valence-corrected chi connectivity index (χ2v) is 9.63. The molecule has 1 saturated heterocycles. The molecule has 0 bridgehead atoms. The van der Waals surface area contributed by atoms with Crippen LogP contribution < -0.4 is 0 Å². The van der Waals surface area contributed by atoms with Crippen LogP contribution in [0, 0.1) is 0 Å². The van der Waals surface area contributed by atoms with Gasteiger partial charge in [0.2, 0.25) is 10.0 Å². The molecule has 162 valence electrons. The van der Waals surface area contributed by atoms with Crippen molar-refractivity contribution in [1.29, 1.82) is 0 Å². The van der Waals surface area contributed by atoms with Crippen LogP contribution in [0.5, 0.6) is 0 Å². The standard InChI is InChI=1S/C22H23ClN4O3S/c1-2-21-20(16-24-27(21)18-8-6-7-17(23)15-18)22(28)25-11-13-26(14-12-25)31(29,30)19-9-4-3-5-10-19/h3-10,15-16H,2,11-14H2,1H3. The Morgan fingerprint density at radius 3 is 2.39 bits per heavy atom. The Kier molecular flexibility index (Phi) is 6.13. The maximum Gasteiger partial charge on any atom is 0.257 e. The molecule has 0 N–H and O–H groups in total. The molecule has 2 heterocycles. The summed E-state index contributed by atoms with van der Waals surface area (Å²) in [4.78, 5) is 15.2. The summed E-state index contributed by atoms with van der Waals surface area (Å²) in [6.45, 7) is 3.14. The fourth-order valence-corrected chi connectivity index (χ4v) is 5.39. The van der Waals surface area contributed by atoms with Gasteiger partial charge < -0.3 is 4.90 Å². The van der Waals surface area contributed by atoms with Crippen molar-refractivity contribution in [2.24, 2.45) is 0 Å². The number of carbonyl (C=O) groups is 1. The Labute approximate surface area is 186 Å². The van der Waals surface area contributed by atoms with Gasteiger partial charge in [-0.25, -0.2) is 13.1 Å². The highest BCUT2D eigenvalue weighted by Crippen LogP contribution is 2.22. The van der Waals surface area contributed by atoms with Gasteiger partial charge in [0.25, 0.3) is 5.91 Å². The number of nitrogens with zero attached hydrogens (tertiary/aromatic N) is 4. The van der Waals surface area contributed by atoms with Crippen molar-refractivity contribution in [3.63, 3.8) is 0 Å². The molecule has 7 nitrogen and oxygen atoms in total. The Morgan fingerprint density at radius 1 is 1.03 bits per heavy atom. The number of amides is 1. The van der Waals surface area contributed by atoms with E-state index >= 15 is 0 Å². The minimum absolute atomic E-state index is 0.137. The van der Waals surface area contributed by atoms with Crippen LogP contribution in [-0.2, 0) is 16.4 Å². The Hall–Kier alpha value is -2.68. The highest BCUT2D eigenvalue weighted by Gasteiger charge is 2.31. The van der Waals surface area contributed by atoms with Gasteiger partial charge in [-0.2, -0.15) is 9.40 Å². The van der Waals surface area contributed by atoms with Gasteiger partial charge in [-0.15, -0.1) is 0 Å². The fourth-order valence-electron chi connectivity index (χ4n) is 3.77. The molecule has 0 atom stereocenters. The van der Waals surface area contributed by atoms with Gasteiger partial charge in [0, 0.05) is 31.2 Å². The van der Waals surface area contributed by atoms with E-state index in [1.165, 1.54) is 4.31 Å². The third kappa shape index (κ3) is 4.23. The molecule has 1 fully saturated rings. The lowest BCUT2D eigenvalue weighted by molar-refractivity contribution is 0.0696. The normalized spacial score (nSPS) is 15.2. The van der Waals surface area contributed by atoms with Crippen LogP contribution in [0.25, 0.3) is 5.69 Å². The molecule has 31 heavy (non-hydrogen) atoms. The second kappa shape index (κ2) is 8.82. The molecule has 0 saturated carbocycles. The first-order chi connectivity index (χ1) is 14.9. The van der Waals surface area contributed by atoms with E-state index in [1.807, 2.05) is 19.1 Å². The third-order valence-corrected chi connectivity index (χ3v) is 7.54. The van der Waals surface area contributed by atoms with Gasteiger partial charge in [-0.1, -0.05) is 42.8 Å². The zero-order chi connectivity index (χ0) is 22.0. The van der Waals surface area contributed by atoms with Crippen molar-refractivity contribution >= 4 is 27.5 Å². The predicted molar refractivity (Wildman–Crippen MR) is 119 cm³/mol. The van der Waals surface area contributed by atoms with Crippen LogP contribution >= 0.6 is 11.6 Å². The molecular weight excluding hydrogens is 436 g/mol. The summed E-state index contributed by atoms with van der Waals surface area (Å²) in [6.07, 6.45) is 2.20. The average Bonchev–Trinajstić information content (AvgIpc) is 3.23. The number of sulfonamides is 1. The Bertz CT molecular complexity index is 1190. The van der Waals surface area contributed by atoms with Gasteiger partial charge in [0.15, 0.2) is 0 Å². The van der Waals surface area contributed by atoms with E-state index in [1.54, 1.807) is 58.2 Å². The summed E-state index contributed by atoms with van der Waals surface area (Å²) >= 11 is 6.11. The zero-order valence-corrected chi connectivity index (χ0v) is 18.7. The fraction of sp³-hybridized carbons (Fsp3) is 0.273. The first kappa shape index (κ1) is 21.5. The quantitative estimate of drug-likeness (QED) is 0.588. The topological polar surface area (TPSA) is 75.5 Å². The van der Waals surface area contributed by atoms with Crippen molar-refractivity contribution in [3.05, 3.63) is 77.1 Å². The Balaban J connectivity index is 1.51. The van der Waals surface area contributed by atoms with Gasteiger partial charge in [-0.05, 0) is 36.8 Å². The maximum absolute atomic E-state index is 13.2. The van der Waals surface area contributed by atoms with E-state index in [0.717, 1.165) is 11.4 Å². The molecule has 3 aromatic rings. The number of hydrogen-bond donors (Lipinski definition) is 0. The van der Waals surface area contributed by atoms with Crippen molar-refractivity contribution in [2.75, 3.05) is 26.2 Å². The molecule has 0 aliphatic carbocycles. The molecule has 0 spiro atoms. The molecule has 4 rings (SSSR count). The second-order valence-electron chi connectivity index (χ2n) is 7.26.